The summed E-state index contributed by atoms with van der Waals surface area (Å²) in [6.45, 7) is 2.62. The monoisotopic (exact) mass is 333 g/mol. The number of carbonyl (C=O) groups excluding carboxylic acids is 1. The van der Waals surface area contributed by atoms with Gasteiger partial charge in [-0.05, 0) is 34.5 Å². The lowest BCUT2D eigenvalue weighted by Gasteiger charge is -2.09. The van der Waals surface area contributed by atoms with Crippen molar-refractivity contribution in [2.75, 3.05) is 11.9 Å². The molecule has 3 rings (SSSR count). The number of nitrogens with zero attached hydrogens (tertiary/aromatic N) is 2. The standard InChI is InChI=1S/C15H16BrN3O/c1-9-15(16)13(19(2)18-9)7-14(20)11-8-17-12-6-4-3-5-10(11)12/h3-6,11,17H,7-8H2,1-2H3. The minimum atomic E-state index is -0.0618. The number of aromatic nitrogens is 2. The molecule has 0 aliphatic carbocycles. The molecule has 1 atom stereocenters. The molecule has 104 valence electrons. The Labute approximate surface area is 126 Å². The molecule has 0 bridgehead atoms. The van der Waals surface area contributed by atoms with E-state index in [1.54, 1.807) is 4.68 Å². The minimum absolute atomic E-state index is 0.0618. The molecule has 1 N–H and O–H groups in total. The van der Waals surface area contributed by atoms with Crippen LogP contribution in [0.3, 0.4) is 0 Å². The van der Waals surface area contributed by atoms with E-state index in [4.69, 9.17) is 0 Å². The minimum Gasteiger partial charge on any atom is -0.384 e. The van der Waals surface area contributed by atoms with Gasteiger partial charge in [-0.2, -0.15) is 5.10 Å². The number of ketones is 1. The number of aryl methyl sites for hydroxylation is 2. The van der Waals surface area contributed by atoms with Gasteiger partial charge in [0.2, 0.25) is 0 Å². The van der Waals surface area contributed by atoms with Crippen molar-refractivity contribution in [3.05, 3.63) is 45.7 Å². The zero-order chi connectivity index (χ0) is 14.3. The Kier molecular flexibility index (Phi) is 3.38. The lowest BCUT2D eigenvalue weighted by Crippen LogP contribution is -2.18. The third kappa shape index (κ3) is 2.16. The highest BCUT2D eigenvalue weighted by Gasteiger charge is 2.29. The number of fused-ring (bicyclic) bond motifs is 1. The van der Waals surface area contributed by atoms with Crippen LogP contribution in [0.2, 0.25) is 0 Å². The number of hydrogen-bond acceptors (Lipinski definition) is 3. The van der Waals surface area contributed by atoms with Crippen LogP contribution in [0.1, 0.15) is 22.9 Å². The Hall–Kier alpha value is -1.62. The molecule has 0 spiro atoms. The van der Waals surface area contributed by atoms with Gasteiger partial charge in [0.1, 0.15) is 5.78 Å². The summed E-state index contributed by atoms with van der Waals surface area (Å²) in [6.07, 6.45) is 0.401. The Morgan fingerprint density at radius 3 is 2.95 bits per heavy atom. The fourth-order valence-corrected chi connectivity index (χ4v) is 3.21. The number of halogens is 1. The van der Waals surface area contributed by atoms with Crippen LogP contribution in [0.5, 0.6) is 0 Å². The fourth-order valence-electron chi connectivity index (χ4n) is 2.73. The average Bonchev–Trinajstić information content (AvgIpc) is 2.96. The maximum absolute atomic E-state index is 12.6. The van der Waals surface area contributed by atoms with Crippen molar-refractivity contribution in [2.45, 2.75) is 19.3 Å². The van der Waals surface area contributed by atoms with Crippen LogP contribution < -0.4 is 5.32 Å². The molecule has 2 aromatic rings. The Morgan fingerprint density at radius 1 is 1.50 bits per heavy atom. The summed E-state index contributed by atoms with van der Waals surface area (Å²) in [4.78, 5) is 12.6. The van der Waals surface area contributed by atoms with Crippen LogP contribution in [0, 0.1) is 6.92 Å². The van der Waals surface area contributed by atoms with Gasteiger partial charge in [0, 0.05) is 19.3 Å². The van der Waals surface area contributed by atoms with Gasteiger partial charge in [-0.3, -0.25) is 9.48 Å². The van der Waals surface area contributed by atoms with E-state index in [1.165, 1.54) is 0 Å². The zero-order valence-corrected chi connectivity index (χ0v) is 13.1. The molecule has 1 aliphatic rings. The lowest BCUT2D eigenvalue weighted by atomic mass is 9.94. The molecule has 1 aromatic carbocycles. The Bertz CT molecular complexity index is 678. The number of nitrogens with one attached hydrogen (secondary N) is 1. The normalized spacial score (nSPS) is 16.9. The second-order valence-corrected chi connectivity index (χ2v) is 5.93. The van der Waals surface area contributed by atoms with Crippen molar-refractivity contribution >= 4 is 27.4 Å². The molecule has 1 unspecified atom stereocenters. The average molecular weight is 334 g/mol. The smallest absolute Gasteiger partial charge is 0.148 e. The predicted molar refractivity (Wildman–Crippen MR) is 82.0 cm³/mol. The van der Waals surface area contributed by atoms with Crippen molar-refractivity contribution in [2.24, 2.45) is 7.05 Å². The van der Waals surface area contributed by atoms with Gasteiger partial charge in [-0.15, -0.1) is 0 Å². The number of para-hydroxylation sites is 1. The molecule has 0 saturated heterocycles. The summed E-state index contributed by atoms with van der Waals surface area (Å²) in [5.41, 5.74) is 4.04. The fraction of sp³-hybridized carbons (Fsp3) is 0.333. The predicted octanol–water partition coefficient (Wildman–Crippen LogP) is 2.81. The molecule has 0 radical (unpaired) electrons. The van der Waals surface area contributed by atoms with E-state index >= 15 is 0 Å². The molecule has 0 amide bonds. The van der Waals surface area contributed by atoms with Gasteiger partial charge in [-0.1, -0.05) is 18.2 Å². The van der Waals surface area contributed by atoms with Crippen LogP contribution in [-0.4, -0.2) is 22.1 Å². The van der Waals surface area contributed by atoms with Crippen molar-refractivity contribution in [3.63, 3.8) is 0 Å². The van der Waals surface area contributed by atoms with E-state index in [9.17, 15) is 4.79 Å². The van der Waals surface area contributed by atoms with Crippen molar-refractivity contribution in [1.29, 1.82) is 0 Å². The SMILES string of the molecule is Cc1nn(C)c(CC(=O)C2CNc3ccccc32)c1Br. The second kappa shape index (κ2) is 5.05. The maximum atomic E-state index is 12.6. The molecule has 20 heavy (non-hydrogen) atoms. The van der Waals surface area contributed by atoms with Crippen LogP contribution in [0.4, 0.5) is 5.69 Å². The number of rotatable bonds is 3. The Morgan fingerprint density at radius 2 is 2.25 bits per heavy atom. The molecule has 0 saturated carbocycles. The molecule has 1 aliphatic heterocycles. The number of anilines is 1. The number of carbonyl (C=O) groups is 1. The lowest BCUT2D eigenvalue weighted by molar-refractivity contribution is -0.119. The summed E-state index contributed by atoms with van der Waals surface area (Å²) in [6, 6.07) is 8.02. The largest absolute Gasteiger partial charge is 0.384 e. The topological polar surface area (TPSA) is 46.9 Å². The molecule has 1 aromatic heterocycles. The number of benzene rings is 1. The van der Waals surface area contributed by atoms with Crippen molar-refractivity contribution < 1.29 is 4.79 Å². The Balaban J connectivity index is 1.85. The van der Waals surface area contributed by atoms with Gasteiger partial charge in [0.15, 0.2) is 0 Å². The maximum Gasteiger partial charge on any atom is 0.148 e. The molecule has 4 nitrogen and oxygen atoms in total. The van der Waals surface area contributed by atoms with Gasteiger partial charge in [-0.25, -0.2) is 0 Å². The third-order valence-corrected chi connectivity index (χ3v) is 4.86. The molecule has 0 fully saturated rings. The second-order valence-electron chi connectivity index (χ2n) is 5.13. The molecule has 5 heteroatoms. The van der Waals surface area contributed by atoms with Crippen LogP contribution in [0.25, 0.3) is 0 Å². The first-order chi connectivity index (χ1) is 9.58. The number of Topliss-reactive ketones (excluding diaryl/α,β-unsaturated/α-hetero) is 1. The van der Waals surface area contributed by atoms with Gasteiger partial charge < -0.3 is 5.32 Å². The molecular weight excluding hydrogens is 318 g/mol. The number of hydrogen-bond donors (Lipinski definition) is 1. The first-order valence-electron chi connectivity index (χ1n) is 6.61. The first kappa shape index (κ1) is 13.4. The van der Waals surface area contributed by atoms with Gasteiger partial charge in [0.05, 0.1) is 28.2 Å². The van der Waals surface area contributed by atoms with Gasteiger partial charge in [0.25, 0.3) is 0 Å². The van der Waals surface area contributed by atoms with Crippen molar-refractivity contribution in [3.8, 4) is 0 Å². The summed E-state index contributed by atoms with van der Waals surface area (Å²) >= 11 is 3.52. The summed E-state index contributed by atoms with van der Waals surface area (Å²) < 4.78 is 2.72. The van der Waals surface area contributed by atoms with E-state index in [0.29, 0.717) is 13.0 Å². The third-order valence-electron chi connectivity index (χ3n) is 3.82. The van der Waals surface area contributed by atoms with E-state index in [1.807, 2.05) is 38.2 Å². The highest BCUT2D eigenvalue weighted by atomic mass is 79.9. The highest BCUT2D eigenvalue weighted by molar-refractivity contribution is 9.10. The van der Waals surface area contributed by atoms with Crippen LogP contribution in [-0.2, 0) is 18.3 Å². The zero-order valence-electron chi connectivity index (χ0n) is 11.5. The summed E-state index contributed by atoms with van der Waals surface area (Å²) in [5.74, 6) is 0.166. The van der Waals surface area contributed by atoms with E-state index in [0.717, 1.165) is 27.1 Å². The van der Waals surface area contributed by atoms with Crippen LogP contribution >= 0.6 is 15.9 Å². The van der Waals surface area contributed by atoms with E-state index in [-0.39, 0.29) is 11.7 Å². The molecular formula is C15H16BrN3O. The molecule has 2 heterocycles. The summed E-state index contributed by atoms with van der Waals surface area (Å²) in [5, 5.41) is 7.63. The van der Waals surface area contributed by atoms with E-state index < -0.39 is 0 Å². The van der Waals surface area contributed by atoms with Crippen LogP contribution in [0.15, 0.2) is 28.7 Å². The van der Waals surface area contributed by atoms with E-state index in [2.05, 4.69) is 26.3 Å². The quantitative estimate of drug-likeness (QED) is 0.939. The highest BCUT2D eigenvalue weighted by Crippen LogP contribution is 2.33. The summed E-state index contributed by atoms with van der Waals surface area (Å²) in [7, 11) is 1.88. The van der Waals surface area contributed by atoms with Crippen molar-refractivity contribution in [1.82, 2.24) is 9.78 Å². The first-order valence-corrected chi connectivity index (χ1v) is 7.40. The van der Waals surface area contributed by atoms with Gasteiger partial charge >= 0.3 is 0 Å².